The van der Waals surface area contributed by atoms with Crippen molar-refractivity contribution in [2.24, 2.45) is 5.41 Å². The lowest BCUT2D eigenvalue weighted by Crippen LogP contribution is -2.49. The van der Waals surface area contributed by atoms with E-state index in [1.165, 1.54) is 41.2 Å². The summed E-state index contributed by atoms with van der Waals surface area (Å²) in [5, 5.41) is 6.02. The number of rotatable bonds is 8. The molecule has 2 fully saturated rings. The number of fused-ring (bicyclic) bond motifs is 1. The van der Waals surface area contributed by atoms with Crippen LogP contribution in [-0.4, -0.2) is 55.0 Å². The molecule has 3 aromatic carbocycles. The molecule has 0 aromatic heterocycles. The minimum atomic E-state index is 0. The molecule has 36 heavy (non-hydrogen) atoms. The number of hydrogen-bond acceptors (Lipinski definition) is 3. The number of nitrogens with one attached hydrogen (secondary N) is 1. The van der Waals surface area contributed by atoms with Crippen molar-refractivity contribution in [1.82, 2.24) is 15.1 Å². The number of halogens is 1. The van der Waals surface area contributed by atoms with E-state index in [0.29, 0.717) is 6.54 Å². The topological polar surface area (TPSA) is 35.6 Å². The van der Waals surface area contributed by atoms with Gasteiger partial charge in [-0.3, -0.25) is 14.6 Å². The maximum Gasteiger partial charge on any atom is 0.234 e. The largest absolute Gasteiger partial charge is 0.354 e. The van der Waals surface area contributed by atoms with E-state index in [-0.39, 0.29) is 23.7 Å². The second-order valence-electron chi connectivity index (χ2n) is 10.7. The molecule has 0 atom stereocenters. The Labute approximate surface area is 222 Å². The predicted molar refractivity (Wildman–Crippen MR) is 152 cm³/mol. The first kappa shape index (κ1) is 26.7. The Bertz CT molecular complexity index is 1100. The van der Waals surface area contributed by atoms with Gasteiger partial charge in [-0.05, 0) is 85.6 Å². The highest BCUT2D eigenvalue weighted by atomic mass is 35.5. The monoisotopic (exact) mass is 505 g/mol. The van der Waals surface area contributed by atoms with Gasteiger partial charge in [-0.25, -0.2) is 0 Å². The summed E-state index contributed by atoms with van der Waals surface area (Å²) in [6.07, 6.45) is 6.95. The lowest BCUT2D eigenvalue weighted by Gasteiger charge is -2.42. The molecule has 2 saturated heterocycles. The summed E-state index contributed by atoms with van der Waals surface area (Å²) < 4.78 is 0. The second kappa shape index (κ2) is 12.7. The molecular weight excluding hydrogens is 466 g/mol. The molecule has 0 unspecified atom stereocenters. The van der Waals surface area contributed by atoms with E-state index in [1.54, 1.807) is 0 Å². The van der Waals surface area contributed by atoms with Gasteiger partial charge in [-0.1, -0.05) is 79.2 Å². The lowest BCUT2D eigenvalue weighted by molar-refractivity contribution is -0.123. The van der Waals surface area contributed by atoms with Gasteiger partial charge in [0.2, 0.25) is 5.91 Å². The van der Waals surface area contributed by atoms with Crippen LogP contribution in [0.4, 0.5) is 0 Å². The third-order valence-electron chi connectivity index (χ3n) is 8.09. The molecule has 4 nitrogen and oxygen atoms in total. The second-order valence-corrected chi connectivity index (χ2v) is 10.7. The summed E-state index contributed by atoms with van der Waals surface area (Å²) in [4.78, 5) is 17.8. The highest BCUT2D eigenvalue weighted by molar-refractivity contribution is 5.86. The quantitative estimate of drug-likeness (QED) is 0.427. The van der Waals surface area contributed by atoms with Gasteiger partial charge in [0, 0.05) is 13.1 Å². The Morgan fingerprint density at radius 1 is 0.778 bits per heavy atom. The standard InChI is InChI=1S/C31H39N3O.ClH/c35-30(24-33-18-7-2-8-19-33)32-25-31(22-28-14-9-13-27-12-5-6-15-29(27)28)16-20-34(21-17-31)23-26-10-3-1-4-11-26;/h1,3-6,9-15H,2,7-8,16-25H2,(H,32,35);1H. The summed E-state index contributed by atoms with van der Waals surface area (Å²) in [5.74, 6) is 0.191. The van der Waals surface area contributed by atoms with Gasteiger partial charge < -0.3 is 5.32 Å². The highest BCUT2D eigenvalue weighted by Gasteiger charge is 2.35. The van der Waals surface area contributed by atoms with Gasteiger partial charge >= 0.3 is 0 Å². The average Bonchev–Trinajstić information content (AvgIpc) is 2.90. The first-order valence-electron chi connectivity index (χ1n) is 13.4. The van der Waals surface area contributed by atoms with E-state index >= 15 is 0 Å². The minimum Gasteiger partial charge on any atom is -0.354 e. The van der Waals surface area contributed by atoms with Gasteiger partial charge in [0.25, 0.3) is 0 Å². The highest BCUT2D eigenvalue weighted by Crippen LogP contribution is 2.37. The predicted octanol–water partition coefficient (Wildman–Crippen LogP) is 5.69. The number of carbonyl (C=O) groups excluding carboxylic acids is 1. The number of benzene rings is 3. The fourth-order valence-electron chi connectivity index (χ4n) is 5.96. The number of nitrogens with zero attached hydrogens (tertiary/aromatic N) is 2. The summed E-state index contributed by atoms with van der Waals surface area (Å²) in [5.41, 5.74) is 2.88. The van der Waals surface area contributed by atoms with E-state index in [0.717, 1.165) is 58.5 Å². The van der Waals surface area contributed by atoms with Crippen molar-refractivity contribution >= 4 is 29.1 Å². The smallest absolute Gasteiger partial charge is 0.234 e. The molecule has 5 heteroatoms. The Morgan fingerprint density at radius 3 is 2.25 bits per heavy atom. The van der Waals surface area contributed by atoms with Gasteiger partial charge in [0.05, 0.1) is 6.54 Å². The van der Waals surface area contributed by atoms with E-state index in [1.807, 2.05) is 0 Å². The van der Waals surface area contributed by atoms with Crippen molar-refractivity contribution < 1.29 is 4.79 Å². The van der Waals surface area contributed by atoms with Crippen molar-refractivity contribution in [3.05, 3.63) is 83.9 Å². The van der Waals surface area contributed by atoms with Crippen LogP contribution in [0, 0.1) is 5.41 Å². The first-order chi connectivity index (χ1) is 17.2. The minimum absolute atomic E-state index is 0. The van der Waals surface area contributed by atoms with Crippen LogP contribution in [0.3, 0.4) is 0 Å². The van der Waals surface area contributed by atoms with Crippen molar-refractivity contribution in [3.8, 4) is 0 Å². The number of amides is 1. The molecule has 2 aliphatic rings. The summed E-state index contributed by atoms with van der Waals surface area (Å²) in [7, 11) is 0. The first-order valence-corrected chi connectivity index (χ1v) is 13.4. The van der Waals surface area contributed by atoms with Gasteiger partial charge in [0.15, 0.2) is 0 Å². The van der Waals surface area contributed by atoms with Crippen LogP contribution in [0.25, 0.3) is 10.8 Å². The average molecular weight is 506 g/mol. The Kier molecular flexibility index (Phi) is 9.41. The van der Waals surface area contributed by atoms with E-state index in [4.69, 9.17) is 0 Å². The van der Waals surface area contributed by atoms with Crippen LogP contribution in [-0.2, 0) is 17.8 Å². The van der Waals surface area contributed by atoms with Crippen molar-refractivity contribution in [3.63, 3.8) is 0 Å². The summed E-state index contributed by atoms with van der Waals surface area (Å²) in [6, 6.07) is 26.2. The molecule has 1 N–H and O–H groups in total. The zero-order valence-electron chi connectivity index (χ0n) is 21.3. The third kappa shape index (κ3) is 6.88. The van der Waals surface area contributed by atoms with Gasteiger partial charge in [-0.15, -0.1) is 12.4 Å². The summed E-state index contributed by atoms with van der Waals surface area (Å²) >= 11 is 0. The number of hydrogen-bond donors (Lipinski definition) is 1. The molecule has 0 aliphatic carbocycles. The molecule has 2 aliphatic heterocycles. The zero-order chi connectivity index (χ0) is 23.9. The molecule has 0 saturated carbocycles. The molecule has 0 bridgehead atoms. The maximum atomic E-state index is 12.9. The van der Waals surface area contributed by atoms with E-state index in [2.05, 4.69) is 87.9 Å². The SMILES string of the molecule is Cl.O=C(CN1CCCCC1)NCC1(Cc2cccc3ccccc23)CCN(Cc2ccccc2)CC1. The Morgan fingerprint density at radius 2 is 1.47 bits per heavy atom. The molecule has 0 spiro atoms. The molecule has 3 aromatic rings. The maximum absolute atomic E-state index is 12.9. The Balaban J connectivity index is 0.00000304. The molecule has 0 radical (unpaired) electrons. The molecular formula is C31H40ClN3O. The normalized spacial score (nSPS) is 18.4. The van der Waals surface area contributed by atoms with Crippen molar-refractivity contribution in [1.29, 1.82) is 0 Å². The van der Waals surface area contributed by atoms with Crippen LogP contribution in [0.5, 0.6) is 0 Å². The number of piperidine rings is 2. The van der Waals surface area contributed by atoms with Crippen LogP contribution in [0.2, 0.25) is 0 Å². The number of likely N-dealkylation sites (tertiary alicyclic amines) is 2. The third-order valence-corrected chi connectivity index (χ3v) is 8.09. The van der Waals surface area contributed by atoms with Gasteiger partial charge in [0.1, 0.15) is 0 Å². The van der Waals surface area contributed by atoms with Crippen LogP contribution >= 0.6 is 12.4 Å². The fourth-order valence-corrected chi connectivity index (χ4v) is 5.96. The molecule has 1 amide bonds. The Hall–Kier alpha value is -2.40. The fraction of sp³-hybridized carbons (Fsp3) is 0.452. The van der Waals surface area contributed by atoms with E-state index in [9.17, 15) is 4.79 Å². The molecule has 2 heterocycles. The van der Waals surface area contributed by atoms with Crippen molar-refractivity contribution in [2.45, 2.75) is 45.1 Å². The lowest BCUT2D eigenvalue weighted by atomic mass is 9.73. The summed E-state index contributed by atoms with van der Waals surface area (Å²) in [6.45, 7) is 6.58. The number of carbonyl (C=O) groups is 1. The zero-order valence-corrected chi connectivity index (χ0v) is 22.1. The van der Waals surface area contributed by atoms with Crippen molar-refractivity contribution in [2.75, 3.05) is 39.3 Å². The van der Waals surface area contributed by atoms with E-state index < -0.39 is 0 Å². The van der Waals surface area contributed by atoms with Gasteiger partial charge in [-0.2, -0.15) is 0 Å². The van der Waals surface area contributed by atoms with Crippen LogP contribution < -0.4 is 5.32 Å². The van der Waals surface area contributed by atoms with Crippen LogP contribution in [0.1, 0.15) is 43.2 Å². The molecule has 192 valence electrons. The molecule has 5 rings (SSSR count). The van der Waals surface area contributed by atoms with Crippen LogP contribution in [0.15, 0.2) is 72.8 Å².